The van der Waals surface area contributed by atoms with Crippen LogP contribution in [0.2, 0.25) is 0 Å². The van der Waals surface area contributed by atoms with E-state index in [2.05, 4.69) is 229 Å². The standard InChI is InChI=1S/C54H37N/c1-2-14-41(15-3-1)52-34-31-47(50-25-11-19-40-16-6-8-23-49(40)50)37-54(52)55(53-26-12-20-42-17-7-9-24-51(42)53)48-32-29-39(30-33-48)44-21-10-22-45(35-44)46-28-27-38-13-4-5-18-43(38)36-46/h1-37H. The van der Waals surface area contributed by atoms with Crippen molar-refractivity contribution in [2.45, 2.75) is 0 Å². The lowest BCUT2D eigenvalue weighted by molar-refractivity contribution is 1.30. The van der Waals surface area contributed by atoms with Crippen molar-refractivity contribution in [1.82, 2.24) is 0 Å². The number of benzene rings is 10. The Morgan fingerprint density at radius 1 is 0.236 bits per heavy atom. The van der Waals surface area contributed by atoms with Crippen LogP contribution >= 0.6 is 0 Å². The van der Waals surface area contributed by atoms with Crippen LogP contribution < -0.4 is 4.90 Å². The monoisotopic (exact) mass is 699 g/mol. The van der Waals surface area contributed by atoms with Crippen LogP contribution in [0.4, 0.5) is 17.1 Å². The van der Waals surface area contributed by atoms with Crippen LogP contribution in [-0.2, 0) is 0 Å². The Bertz CT molecular complexity index is 2970. The zero-order chi connectivity index (χ0) is 36.6. The first-order chi connectivity index (χ1) is 27.3. The summed E-state index contributed by atoms with van der Waals surface area (Å²) in [4.78, 5) is 2.45. The molecule has 55 heavy (non-hydrogen) atoms. The van der Waals surface area contributed by atoms with Gasteiger partial charge in [0, 0.05) is 16.6 Å². The average molecular weight is 700 g/mol. The molecule has 0 amide bonds. The summed E-state index contributed by atoms with van der Waals surface area (Å²) in [6.07, 6.45) is 0. The lowest BCUT2D eigenvalue weighted by Crippen LogP contribution is -2.12. The third kappa shape index (κ3) is 6.12. The van der Waals surface area contributed by atoms with E-state index in [1.807, 2.05) is 0 Å². The van der Waals surface area contributed by atoms with Crippen molar-refractivity contribution in [1.29, 1.82) is 0 Å². The summed E-state index contributed by atoms with van der Waals surface area (Å²) in [5.74, 6) is 0. The molecule has 10 aromatic carbocycles. The number of nitrogens with zero attached hydrogens (tertiary/aromatic N) is 1. The van der Waals surface area contributed by atoms with Crippen LogP contribution in [0.1, 0.15) is 0 Å². The molecule has 0 aliphatic rings. The van der Waals surface area contributed by atoms with Crippen LogP contribution in [0.25, 0.3) is 76.8 Å². The highest BCUT2D eigenvalue weighted by molar-refractivity contribution is 6.03. The van der Waals surface area contributed by atoms with Gasteiger partial charge in [-0.25, -0.2) is 0 Å². The number of hydrogen-bond acceptors (Lipinski definition) is 1. The molecule has 0 saturated heterocycles. The molecular formula is C54H37N. The number of hydrogen-bond donors (Lipinski definition) is 0. The number of rotatable bonds is 7. The average Bonchev–Trinajstić information content (AvgIpc) is 3.27. The molecule has 1 nitrogen and oxygen atoms in total. The fourth-order valence-electron chi connectivity index (χ4n) is 8.08. The maximum absolute atomic E-state index is 2.45. The van der Waals surface area contributed by atoms with Gasteiger partial charge in [-0.15, -0.1) is 0 Å². The molecule has 1 heteroatoms. The summed E-state index contributed by atoms with van der Waals surface area (Å²) in [5, 5.41) is 7.40. The molecule has 0 spiro atoms. The van der Waals surface area contributed by atoms with Gasteiger partial charge in [0.25, 0.3) is 0 Å². The van der Waals surface area contributed by atoms with E-state index in [1.54, 1.807) is 0 Å². The molecule has 0 N–H and O–H groups in total. The fourth-order valence-corrected chi connectivity index (χ4v) is 8.08. The van der Waals surface area contributed by atoms with Gasteiger partial charge < -0.3 is 4.90 Å². The second kappa shape index (κ2) is 14.0. The van der Waals surface area contributed by atoms with Crippen molar-refractivity contribution in [3.63, 3.8) is 0 Å². The normalized spacial score (nSPS) is 11.3. The molecule has 0 aliphatic heterocycles. The van der Waals surface area contributed by atoms with Gasteiger partial charge in [-0.1, -0.05) is 188 Å². The van der Waals surface area contributed by atoms with E-state index < -0.39 is 0 Å². The quantitative estimate of drug-likeness (QED) is 0.160. The molecule has 258 valence electrons. The topological polar surface area (TPSA) is 3.24 Å². The van der Waals surface area contributed by atoms with E-state index in [9.17, 15) is 0 Å². The molecule has 0 atom stereocenters. The van der Waals surface area contributed by atoms with Crippen LogP contribution in [-0.4, -0.2) is 0 Å². The highest BCUT2D eigenvalue weighted by atomic mass is 15.1. The zero-order valence-electron chi connectivity index (χ0n) is 30.3. The van der Waals surface area contributed by atoms with Crippen LogP contribution in [0, 0.1) is 0 Å². The third-order valence-corrected chi connectivity index (χ3v) is 10.8. The molecule has 0 aliphatic carbocycles. The van der Waals surface area contributed by atoms with Crippen molar-refractivity contribution in [2.24, 2.45) is 0 Å². The lowest BCUT2D eigenvalue weighted by Gasteiger charge is -2.30. The largest absolute Gasteiger partial charge is 0.309 e. The highest BCUT2D eigenvalue weighted by Gasteiger charge is 2.21. The molecule has 10 aromatic rings. The summed E-state index contributed by atoms with van der Waals surface area (Å²) < 4.78 is 0. The maximum Gasteiger partial charge on any atom is 0.0546 e. The molecule has 0 bridgehead atoms. The lowest BCUT2D eigenvalue weighted by atomic mass is 9.93. The van der Waals surface area contributed by atoms with Crippen molar-refractivity contribution < 1.29 is 0 Å². The van der Waals surface area contributed by atoms with Crippen molar-refractivity contribution in [3.05, 3.63) is 224 Å². The molecule has 0 unspecified atom stereocenters. The van der Waals surface area contributed by atoms with Crippen molar-refractivity contribution in [3.8, 4) is 44.5 Å². The van der Waals surface area contributed by atoms with Gasteiger partial charge in [0.2, 0.25) is 0 Å². The molecule has 0 heterocycles. The van der Waals surface area contributed by atoms with Gasteiger partial charge in [0.15, 0.2) is 0 Å². The Labute approximate surface area is 322 Å². The molecule has 0 radical (unpaired) electrons. The first kappa shape index (κ1) is 32.4. The number of anilines is 3. The Morgan fingerprint density at radius 3 is 1.58 bits per heavy atom. The SMILES string of the molecule is c1ccc(-c2ccc(-c3cccc4ccccc34)cc2N(c2ccc(-c3cccc(-c4ccc5ccccc5c4)c3)cc2)c2cccc3ccccc23)cc1. The van der Waals surface area contributed by atoms with Crippen LogP contribution in [0.15, 0.2) is 224 Å². The maximum atomic E-state index is 2.45. The molecule has 0 aromatic heterocycles. The highest BCUT2D eigenvalue weighted by Crippen LogP contribution is 2.46. The second-order valence-electron chi connectivity index (χ2n) is 14.1. The van der Waals surface area contributed by atoms with E-state index in [0.29, 0.717) is 0 Å². The predicted molar refractivity (Wildman–Crippen MR) is 235 cm³/mol. The summed E-state index contributed by atoms with van der Waals surface area (Å²) in [5.41, 5.74) is 12.9. The van der Waals surface area contributed by atoms with E-state index in [-0.39, 0.29) is 0 Å². The summed E-state index contributed by atoms with van der Waals surface area (Å²) in [7, 11) is 0. The summed E-state index contributed by atoms with van der Waals surface area (Å²) in [6.45, 7) is 0. The summed E-state index contributed by atoms with van der Waals surface area (Å²) >= 11 is 0. The van der Waals surface area contributed by atoms with Gasteiger partial charge in [-0.05, 0) is 102 Å². The minimum Gasteiger partial charge on any atom is -0.309 e. The summed E-state index contributed by atoms with van der Waals surface area (Å²) in [6, 6.07) is 81.6. The molecule has 0 saturated carbocycles. The minimum atomic E-state index is 1.10. The second-order valence-corrected chi connectivity index (χ2v) is 14.1. The molecular weight excluding hydrogens is 663 g/mol. The van der Waals surface area contributed by atoms with Crippen molar-refractivity contribution >= 4 is 49.4 Å². The van der Waals surface area contributed by atoms with Gasteiger partial charge in [-0.3, -0.25) is 0 Å². The predicted octanol–water partition coefficient (Wildman–Crippen LogP) is 15.3. The molecule has 0 fully saturated rings. The Morgan fingerprint density at radius 2 is 0.782 bits per heavy atom. The first-order valence-corrected chi connectivity index (χ1v) is 18.9. The Balaban J connectivity index is 1.14. The molecule has 10 rings (SSSR count). The van der Waals surface area contributed by atoms with Gasteiger partial charge >= 0.3 is 0 Å². The van der Waals surface area contributed by atoms with Gasteiger partial charge in [-0.2, -0.15) is 0 Å². The van der Waals surface area contributed by atoms with Crippen molar-refractivity contribution in [2.75, 3.05) is 4.90 Å². The third-order valence-electron chi connectivity index (χ3n) is 10.8. The van der Waals surface area contributed by atoms with Gasteiger partial charge in [0.05, 0.1) is 11.4 Å². The Kier molecular flexibility index (Phi) is 8.24. The fraction of sp³-hybridized carbons (Fsp3) is 0. The van der Waals surface area contributed by atoms with E-state index in [4.69, 9.17) is 0 Å². The van der Waals surface area contributed by atoms with E-state index in [1.165, 1.54) is 76.8 Å². The van der Waals surface area contributed by atoms with E-state index in [0.717, 1.165) is 17.1 Å². The first-order valence-electron chi connectivity index (χ1n) is 18.9. The zero-order valence-corrected chi connectivity index (χ0v) is 30.3. The van der Waals surface area contributed by atoms with Gasteiger partial charge in [0.1, 0.15) is 0 Å². The van der Waals surface area contributed by atoms with Crippen LogP contribution in [0.5, 0.6) is 0 Å². The smallest absolute Gasteiger partial charge is 0.0546 e. The Hall–Kier alpha value is -7.22. The minimum absolute atomic E-state index is 1.10. The van der Waals surface area contributed by atoms with E-state index >= 15 is 0 Å². The van der Waals surface area contributed by atoms with Crippen LogP contribution in [0.3, 0.4) is 0 Å². The number of fused-ring (bicyclic) bond motifs is 3.